The van der Waals surface area contributed by atoms with Crippen molar-refractivity contribution in [3.8, 4) is 0 Å². The van der Waals surface area contributed by atoms with Crippen LogP contribution in [0.25, 0.3) is 12.2 Å². The first-order chi connectivity index (χ1) is 17.5. The number of sulfonamides is 1. The summed E-state index contributed by atoms with van der Waals surface area (Å²) in [5.74, 6) is -0.192. The monoisotopic (exact) mass is 541 g/mol. The molecule has 4 rings (SSSR count). The zero-order chi connectivity index (χ0) is 26.9. The lowest BCUT2D eigenvalue weighted by Crippen LogP contribution is -2.41. The van der Waals surface area contributed by atoms with Crippen LogP contribution in [0, 0.1) is 40.5 Å². The van der Waals surface area contributed by atoms with Crippen molar-refractivity contribution in [1.82, 2.24) is 9.46 Å². The molecule has 2 heterocycles. The Hall–Kier alpha value is -2.94. The van der Waals surface area contributed by atoms with Gasteiger partial charge in [-0.1, -0.05) is 40.5 Å². The minimum absolute atomic E-state index is 0.0749. The number of anilines is 1. The maximum Gasteiger partial charge on any atom is 0.248 e. The summed E-state index contributed by atoms with van der Waals surface area (Å²) in [7, 11) is -3.85. The van der Waals surface area contributed by atoms with Crippen molar-refractivity contribution in [2.24, 2.45) is 5.92 Å². The van der Waals surface area contributed by atoms with Crippen LogP contribution in [-0.2, 0) is 14.8 Å². The van der Waals surface area contributed by atoms with Crippen molar-refractivity contribution in [2.75, 3.05) is 18.4 Å². The first kappa shape index (κ1) is 27.1. The molecule has 3 aromatic rings. The van der Waals surface area contributed by atoms with Crippen LogP contribution in [0.4, 0.5) is 5.69 Å². The van der Waals surface area contributed by atoms with Crippen LogP contribution in [0.1, 0.15) is 52.1 Å². The summed E-state index contributed by atoms with van der Waals surface area (Å²) >= 11 is 6.01. The van der Waals surface area contributed by atoms with Crippen molar-refractivity contribution in [1.29, 1.82) is 0 Å². The number of rotatable bonds is 6. The van der Waals surface area contributed by atoms with Gasteiger partial charge >= 0.3 is 0 Å². The van der Waals surface area contributed by atoms with Gasteiger partial charge in [-0.25, -0.2) is 8.42 Å². The summed E-state index contributed by atoms with van der Waals surface area (Å²) in [4.78, 5) is 12.9. The number of amides is 1. The quantitative estimate of drug-likeness (QED) is 0.408. The van der Waals surface area contributed by atoms with Crippen LogP contribution in [-0.4, -0.2) is 36.9 Å². The number of hydrogen-bond acceptors (Lipinski definition) is 5. The largest absolute Gasteiger partial charge is 0.355 e. The first-order valence-corrected chi connectivity index (χ1v) is 14.1. The Kier molecular flexibility index (Phi) is 7.92. The third-order valence-electron chi connectivity index (χ3n) is 6.84. The van der Waals surface area contributed by atoms with Gasteiger partial charge in [-0.05, 0) is 94.0 Å². The standard InChI is InChI=1S/C28H32ClN3O4S/c1-17-14-18(2)24(19(3)15-17)7-9-26-27(21(5)31-36-26)37(34,35)32-12-10-22(11-13-32)28(33)30-25-8-6-23(29)16-20(25)4/h6-9,14-16,22H,10-13H2,1-5H3,(H,30,33). The van der Waals surface area contributed by atoms with Crippen molar-refractivity contribution in [2.45, 2.75) is 52.4 Å². The van der Waals surface area contributed by atoms with Crippen molar-refractivity contribution in [3.63, 3.8) is 0 Å². The number of halogens is 1. The summed E-state index contributed by atoms with van der Waals surface area (Å²) < 4.78 is 34.1. The summed E-state index contributed by atoms with van der Waals surface area (Å²) in [5, 5.41) is 7.51. The van der Waals surface area contributed by atoms with Gasteiger partial charge in [-0.2, -0.15) is 4.31 Å². The lowest BCUT2D eigenvalue weighted by Gasteiger charge is -2.30. The average molecular weight is 542 g/mol. The smallest absolute Gasteiger partial charge is 0.248 e. The van der Waals surface area contributed by atoms with Crippen LogP contribution < -0.4 is 5.32 Å². The molecule has 0 bridgehead atoms. The van der Waals surface area contributed by atoms with Gasteiger partial charge in [0.1, 0.15) is 5.69 Å². The number of piperidine rings is 1. The number of nitrogens with one attached hydrogen (secondary N) is 1. The molecule has 1 saturated heterocycles. The Bertz CT molecular complexity index is 1450. The molecule has 2 aromatic carbocycles. The molecular weight excluding hydrogens is 510 g/mol. The summed E-state index contributed by atoms with van der Waals surface area (Å²) in [6.45, 7) is 10.1. The van der Waals surface area contributed by atoms with Crippen molar-refractivity contribution >= 4 is 45.4 Å². The van der Waals surface area contributed by atoms with Crippen LogP contribution in [0.5, 0.6) is 0 Å². The number of aryl methyl sites for hydroxylation is 5. The summed E-state index contributed by atoms with van der Waals surface area (Å²) in [6.07, 6.45) is 4.40. The molecule has 196 valence electrons. The molecule has 1 aliphatic heterocycles. The molecular formula is C28H32ClN3O4S. The molecule has 7 nitrogen and oxygen atoms in total. The lowest BCUT2D eigenvalue weighted by atomic mass is 9.97. The number of aromatic nitrogens is 1. The Labute approximate surface area is 223 Å². The minimum atomic E-state index is -3.85. The van der Waals surface area contributed by atoms with Crippen molar-refractivity contribution in [3.05, 3.63) is 74.6 Å². The zero-order valence-corrected chi connectivity index (χ0v) is 23.3. The van der Waals surface area contributed by atoms with Crippen LogP contribution in [0.3, 0.4) is 0 Å². The Balaban J connectivity index is 1.48. The highest BCUT2D eigenvalue weighted by atomic mass is 35.5. The second-order valence-electron chi connectivity index (χ2n) is 9.73. The highest BCUT2D eigenvalue weighted by Crippen LogP contribution is 2.30. The van der Waals surface area contributed by atoms with Gasteiger partial charge in [-0.3, -0.25) is 4.79 Å². The fraction of sp³-hybridized carbons (Fsp3) is 0.357. The van der Waals surface area contributed by atoms with E-state index < -0.39 is 10.0 Å². The predicted molar refractivity (Wildman–Crippen MR) is 147 cm³/mol. The van der Waals surface area contributed by atoms with Gasteiger partial charge in [0.15, 0.2) is 10.7 Å². The molecule has 0 saturated carbocycles. The van der Waals surface area contributed by atoms with Gasteiger partial charge in [0.25, 0.3) is 0 Å². The molecule has 1 aromatic heterocycles. The lowest BCUT2D eigenvalue weighted by molar-refractivity contribution is -0.120. The van der Waals surface area contributed by atoms with E-state index >= 15 is 0 Å². The molecule has 9 heteroatoms. The van der Waals surface area contributed by atoms with Crippen LogP contribution >= 0.6 is 11.6 Å². The van der Waals surface area contributed by atoms with Gasteiger partial charge < -0.3 is 9.84 Å². The normalized spacial score (nSPS) is 15.4. The van der Waals surface area contributed by atoms with Gasteiger partial charge in [0.05, 0.1) is 0 Å². The molecule has 1 N–H and O–H groups in total. The van der Waals surface area contributed by atoms with E-state index in [1.54, 1.807) is 31.2 Å². The topological polar surface area (TPSA) is 92.5 Å². The maximum atomic E-state index is 13.6. The van der Waals surface area contributed by atoms with Gasteiger partial charge in [0.2, 0.25) is 15.9 Å². The SMILES string of the molecule is Cc1cc(C)c(C=Cc2onc(C)c2S(=O)(=O)N2CCC(C(=O)Nc3ccc(Cl)cc3C)CC2)c(C)c1. The number of nitrogens with zero attached hydrogens (tertiary/aromatic N) is 2. The van der Waals surface area contributed by atoms with E-state index in [1.807, 2.05) is 33.8 Å². The zero-order valence-electron chi connectivity index (χ0n) is 21.8. The highest BCUT2D eigenvalue weighted by Gasteiger charge is 2.36. The Morgan fingerprint density at radius 2 is 1.68 bits per heavy atom. The number of hydrogen-bond donors (Lipinski definition) is 1. The van der Waals surface area contributed by atoms with E-state index in [4.69, 9.17) is 16.1 Å². The number of carbonyl (C=O) groups is 1. The fourth-order valence-electron chi connectivity index (χ4n) is 4.90. The molecule has 1 aliphatic rings. The van der Waals surface area contributed by atoms with E-state index in [-0.39, 0.29) is 35.6 Å². The summed E-state index contributed by atoms with van der Waals surface area (Å²) in [5.41, 5.74) is 6.29. The Morgan fingerprint density at radius 3 is 2.30 bits per heavy atom. The maximum absolute atomic E-state index is 13.6. The molecule has 0 radical (unpaired) electrons. The predicted octanol–water partition coefficient (Wildman–Crippen LogP) is 6.08. The van der Waals surface area contributed by atoms with E-state index in [9.17, 15) is 13.2 Å². The second kappa shape index (κ2) is 10.8. The number of benzene rings is 2. The van der Waals surface area contributed by atoms with E-state index in [1.165, 1.54) is 9.87 Å². The third-order valence-corrected chi connectivity index (χ3v) is 9.13. The van der Waals surface area contributed by atoms with E-state index in [2.05, 4.69) is 22.6 Å². The van der Waals surface area contributed by atoms with Gasteiger partial charge in [0, 0.05) is 29.7 Å². The van der Waals surface area contributed by atoms with Crippen LogP contribution in [0.2, 0.25) is 5.02 Å². The molecule has 0 atom stereocenters. The van der Waals surface area contributed by atoms with E-state index in [0.29, 0.717) is 29.2 Å². The average Bonchev–Trinajstić information content (AvgIpc) is 3.21. The fourth-order valence-corrected chi connectivity index (χ4v) is 6.85. The second-order valence-corrected chi connectivity index (χ2v) is 12.0. The Morgan fingerprint density at radius 1 is 1.03 bits per heavy atom. The third kappa shape index (κ3) is 5.81. The van der Waals surface area contributed by atoms with Crippen LogP contribution in [0.15, 0.2) is 39.8 Å². The minimum Gasteiger partial charge on any atom is -0.355 e. The van der Waals surface area contributed by atoms with Crippen molar-refractivity contribution < 1.29 is 17.7 Å². The molecule has 0 spiro atoms. The van der Waals surface area contributed by atoms with Gasteiger partial charge in [-0.15, -0.1) is 0 Å². The first-order valence-electron chi connectivity index (χ1n) is 12.3. The number of carbonyl (C=O) groups excluding carboxylic acids is 1. The molecule has 1 fully saturated rings. The summed E-state index contributed by atoms with van der Waals surface area (Å²) in [6, 6.07) is 9.47. The molecule has 1 amide bonds. The van der Waals surface area contributed by atoms with E-state index in [0.717, 1.165) is 22.3 Å². The highest BCUT2D eigenvalue weighted by molar-refractivity contribution is 7.89. The molecule has 37 heavy (non-hydrogen) atoms. The molecule has 0 aliphatic carbocycles. The molecule has 0 unspecified atom stereocenters.